The third-order valence-corrected chi connectivity index (χ3v) is 4.22. The first-order valence-electron chi connectivity index (χ1n) is 3.69. The van der Waals surface area contributed by atoms with Gasteiger partial charge in [-0.15, -0.1) is 0 Å². The zero-order chi connectivity index (χ0) is 10.3. The van der Waals surface area contributed by atoms with Gasteiger partial charge in [0, 0.05) is 16.1 Å². The zero-order valence-corrected chi connectivity index (χ0v) is 11.2. The van der Waals surface area contributed by atoms with E-state index in [1.165, 1.54) is 12.3 Å². The summed E-state index contributed by atoms with van der Waals surface area (Å²) in [7, 11) is 0. The van der Waals surface area contributed by atoms with Gasteiger partial charge in [-0.1, -0.05) is 11.6 Å². The molecule has 1 aromatic carbocycles. The third kappa shape index (κ3) is 1.63. The smallest absolute Gasteiger partial charge is 0.138 e. The molecule has 0 bridgehead atoms. The maximum atomic E-state index is 13.2. The first-order chi connectivity index (χ1) is 6.61. The van der Waals surface area contributed by atoms with Gasteiger partial charge in [0.25, 0.3) is 0 Å². The monoisotopic (exact) mass is 385 g/mol. The molecule has 0 saturated heterocycles. The summed E-state index contributed by atoms with van der Waals surface area (Å²) >= 11 is 11.1. The van der Waals surface area contributed by atoms with Crippen LogP contribution in [-0.2, 0) is 0 Å². The van der Waals surface area contributed by atoms with Crippen LogP contribution in [0.5, 0.6) is 0 Å². The van der Waals surface area contributed by atoms with Gasteiger partial charge in [-0.2, -0.15) is 0 Å². The summed E-state index contributed by atoms with van der Waals surface area (Å²) in [6.07, 6.45) is 1.51. The Morgan fingerprint density at radius 2 is 2.14 bits per heavy atom. The highest BCUT2D eigenvalue weighted by atomic mass is 127. The molecule has 72 valence electrons. The van der Waals surface area contributed by atoms with Crippen molar-refractivity contribution in [2.45, 2.75) is 0 Å². The molecule has 14 heavy (non-hydrogen) atoms. The van der Waals surface area contributed by atoms with E-state index >= 15 is 0 Å². The molecular weight excluding hydrogens is 383 g/mol. The van der Waals surface area contributed by atoms with E-state index in [0.29, 0.717) is 14.1 Å². The van der Waals surface area contributed by atoms with Gasteiger partial charge >= 0.3 is 0 Å². The fourth-order valence-electron chi connectivity index (χ4n) is 1.15. The second-order valence-corrected chi connectivity index (χ2v) is 4.96. The van der Waals surface area contributed by atoms with E-state index in [-0.39, 0.29) is 5.82 Å². The zero-order valence-electron chi connectivity index (χ0n) is 6.69. The summed E-state index contributed by atoms with van der Waals surface area (Å²) in [5, 5.41) is 1.35. The molecule has 2 aromatic rings. The maximum absolute atomic E-state index is 13.2. The standard InChI is InChI=1S/C9H3BrClFIN/c10-7-4-1-2-6(12)8(13)9(4)14-3-5(7)11/h1-3H. The van der Waals surface area contributed by atoms with E-state index in [2.05, 4.69) is 20.9 Å². The Bertz CT molecular complexity index is 470. The van der Waals surface area contributed by atoms with Gasteiger partial charge in [-0.25, -0.2) is 4.39 Å². The van der Waals surface area contributed by atoms with Crippen molar-refractivity contribution in [3.63, 3.8) is 0 Å². The van der Waals surface area contributed by atoms with Crippen molar-refractivity contribution in [2.75, 3.05) is 0 Å². The lowest BCUT2D eigenvalue weighted by Crippen LogP contribution is -1.88. The summed E-state index contributed by atoms with van der Waals surface area (Å²) in [4.78, 5) is 4.09. The fourth-order valence-corrected chi connectivity index (χ4v) is 2.33. The van der Waals surface area contributed by atoms with Crippen molar-refractivity contribution >= 4 is 61.0 Å². The van der Waals surface area contributed by atoms with Gasteiger partial charge in [0.2, 0.25) is 0 Å². The van der Waals surface area contributed by atoms with E-state index in [0.717, 1.165) is 9.86 Å². The van der Waals surface area contributed by atoms with E-state index < -0.39 is 0 Å². The number of hydrogen-bond donors (Lipinski definition) is 0. The quantitative estimate of drug-likeness (QED) is 0.612. The number of hydrogen-bond acceptors (Lipinski definition) is 1. The lowest BCUT2D eigenvalue weighted by Gasteiger charge is -2.04. The van der Waals surface area contributed by atoms with Crippen LogP contribution in [0.15, 0.2) is 22.8 Å². The largest absolute Gasteiger partial charge is 0.253 e. The molecule has 0 radical (unpaired) electrons. The Morgan fingerprint density at radius 1 is 1.43 bits per heavy atom. The molecule has 0 aliphatic heterocycles. The summed E-state index contributed by atoms with van der Waals surface area (Å²) in [5.41, 5.74) is 0.627. The van der Waals surface area contributed by atoms with Crippen LogP contribution in [0.4, 0.5) is 4.39 Å². The fraction of sp³-hybridized carbons (Fsp3) is 0. The van der Waals surface area contributed by atoms with Crippen LogP contribution in [0.2, 0.25) is 5.02 Å². The Hall–Kier alpha value is 0.0600. The van der Waals surface area contributed by atoms with Crippen LogP contribution in [-0.4, -0.2) is 4.98 Å². The Morgan fingerprint density at radius 3 is 2.86 bits per heavy atom. The molecule has 1 heterocycles. The van der Waals surface area contributed by atoms with Crippen LogP contribution >= 0.6 is 50.1 Å². The molecule has 0 unspecified atom stereocenters. The molecule has 0 N–H and O–H groups in total. The van der Waals surface area contributed by atoms with Gasteiger partial charge in [-0.3, -0.25) is 4.98 Å². The van der Waals surface area contributed by atoms with E-state index in [1.54, 1.807) is 6.07 Å². The second kappa shape index (κ2) is 3.90. The van der Waals surface area contributed by atoms with Crippen LogP contribution < -0.4 is 0 Å². The molecule has 0 saturated carbocycles. The predicted octanol–water partition coefficient (Wildman–Crippen LogP) is 4.39. The van der Waals surface area contributed by atoms with Crippen LogP contribution in [0.3, 0.4) is 0 Å². The average Bonchev–Trinajstić information content (AvgIpc) is 2.17. The SMILES string of the molecule is Fc1ccc2c(Br)c(Cl)cnc2c1I. The lowest BCUT2D eigenvalue weighted by atomic mass is 10.2. The summed E-state index contributed by atoms with van der Waals surface area (Å²) < 4.78 is 14.4. The highest BCUT2D eigenvalue weighted by Gasteiger charge is 2.10. The van der Waals surface area contributed by atoms with Crippen molar-refractivity contribution in [3.05, 3.63) is 37.2 Å². The topological polar surface area (TPSA) is 12.9 Å². The number of halogens is 4. The van der Waals surface area contributed by atoms with Gasteiger partial charge in [0.15, 0.2) is 0 Å². The molecular formula is C9H3BrClFIN. The highest BCUT2D eigenvalue weighted by Crippen LogP contribution is 2.32. The van der Waals surface area contributed by atoms with E-state index in [4.69, 9.17) is 11.6 Å². The molecule has 0 fully saturated rings. The van der Waals surface area contributed by atoms with Crippen LogP contribution in [0, 0.1) is 9.39 Å². The summed E-state index contributed by atoms with van der Waals surface area (Å²) in [6, 6.07) is 3.07. The van der Waals surface area contributed by atoms with Crippen molar-refractivity contribution in [3.8, 4) is 0 Å². The summed E-state index contributed by atoms with van der Waals surface area (Å²) in [5.74, 6) is -0.264. The highest BCUT2D eigenvalue weighted by molar-refractivity contribution is 14.1. The first-order valence-corrected chi connectivity index (χ1v) is 5.94. The number of benzene rings is 1. The van der Waals surface area contributed by atoms with Gasteiger partial charge in [0.1, 0.15) is 5.82 Å². The average molecular weight is 386 g/mol. The minimum atomic E-state index is -0.264. The van der Waals surface area contributed by atoms with Crippen molar-refractivity contribution in [1.29, 1.82) is 0 Å². The predicted molar refractivity (Wildman–Crippen MR) is 67.1 cm³/mol. The molecule has 0 amide bonds. The number of aromatic nitrogens is 1. The molecule has 5 heteroatoms. The van der Waals surface area contributed by atoms with Crippen molar-refractivity contribution in [2.24, 2.45) is 0 Å². The van der Waals surface area contributed by atoms with E-state index in [9.17, 15) is 4.39 Å². The third-order valence-electron chi connectivity index (χ3n) is 1.82. The normalized spacial score (nSPS) is 10.9. The minimum Gasteiger partial charge on any atom is -0.253 e. The Balaban J connectivity index is 2.94. The lowest BCUT2D eigenvalue weighted by molar-refractivity contribution is 0.622. The number of rotatable bonds is 0. The maximum Gasteiger partial charge on any atom is 0.138 e. The molecule has 0 aliphatic rings. The number of pyridine rings is 1. The van der Waals surface area contributed by atoms with Gasteiger partial charge < -0.3 is 0 Å². The van der Waals surface area contributed by atoms with Crippen molar-refractivity contribution in [1.82, 2.24) is 4.98 Å². The Kier molecular flexibility index (Phi) is 2.95. The number of nitrogens with zero attached hydrogens (tertiary/aromatic N) is 1. The molecule has 0 atom stereocenters. The number of fused-ring (bicyclic) bond motifs is 1. The molecule has 1 aromatic heterocycles. The molecule has 2 rings (SSSR count). The minimum absolute atomic E-state index is 0.264. The summed E-state index contributed by atoms with van der Waals surface area (Å²) in [6.45, 7) is 0. The molecule has 0 spiro atoms. The van der Waals surface area contributed by atoms with Gasteiger partial charge in [0.05, 0.1) is 14.1 Å². The Labute approximate surface area is 107 Å². The molecule has 0 aliphatic carbocycles. The van der Waals surface area contributed by atoms with Gasteiger partial charge in [-0.05, 0) is 50.7 Å². The van der Waals surface area contributed by atoms with Crippen LogP contribution in [0.1, 0.15) is 0 Å². The first kappa shape index (κ1) is 10.6. The second-order valence-electron chi connectivity index (χ2n) is 2.68. The van der Waals surface area contributed by atoms with Crippen LogP contribution in [0.25, 0.3) is 10.9 Å². The molecule has 1 nitrogen and oxygen atoms in total. The van der Waals surface area contributed by atoms with Crippen molar-refractivity contribution < 1.29 is 4.39 Å². The van der Waals surface area contributed by atoms with E-state index in [1.807, 2.05) is 22.6 Å².